The Morgan fingerprint density at radius 1 is 1.10 bits per heavy atom. The minimum atomic E-state index is -0.249. The lowest BCUT2D eigenvalue weighted by Gasteiger charge is -2.29. The third-order valence-electron chi connectivity index (χ3n) is 3.65. The summed E-state index contributed by atoms with van der Waals surface area (Å²) in [5, 5.41) is 4.64. The molecule has 2 aromatic carbocycles. The molecule has 1 atom stereocenters. The number of nitrogens with zero attached hydrogens (tertiary/aromatic N) is 1. The number of nitrogens with one attached hydrogen (secondary N) is 1. The Morgan fingerprint density at radius 3 is 2.52 bits per heavy atom. The molecule has 0 radical (unpaired) electrons. The number of aromatic nitrogens is 1. The van der Waals surface area contributed by atoms with Crippen molar-refractivity contribution in [3.8, 4) is 0 Å². The van der Waals surface area contributed by atoms with Gasteiger partial charge in [0.1, 0.15) is 5.01 Å². The largest absolute Gasteiger partial charge is 0.300 e. The molecule has 108 valence electrons. The molecule has 0 amide bonds. The van der Waals surface area contributed by atoms with Gasteiger partial charge in [-0.15, -0.1) is 22.9 Å². The smallest absolute Gasteiger partial charge is 0.108 e. The van der Waals surface area contributed by atoms with Crippen molar-refractivity contribution in [1.29, 1.82) is 0 Å². The van der Waals surface area contributed by atoms with Gasteiger partial charge in [-0.1, -0.05) is 42.5 Å². The summed E-state index contributed by atoms with van der Waals surface area (Å²) in [6.07, 6.45) is 0. The summed E-state index contributed by atoms with van der Waals surface area (Å²) in [4.78, 5) is 4.66. The van der Waals surface area contributed by atoms with Crippen LogP contribution in [-0.2, 0) is 12.1 Å². The molecule has 2 nitrogen and oxygen atoms in total. The number of alkyl halides is 1. The molecular weight excluding hydrogens is 300 g/mol. The van der Waals surface area contributed by atoms with Gasteiger partial charge in [0.15, 0.2) is 0 Å². The Bertz CT molecular complexity index is 693. The van der Waals surface area contributed by atoms with E-state index in [1.54, 1.807) is 11.3 Å². The van der Waals surface area contributed by atoms with Crippen LogP contribution in [0.3, 0.4) is 0 Å². The lowest BCUT2D eigenvalue weighted by molar-refractivity contribution is 0.406. The fourth-order valence-corrected chi connectivity index (χ4v) is 3.45. The van der Waals surface area contributed by atoms with Crippen LogP contribution >= 0.6 is 22.9 Å². The molecule has 0 aliphatic carbocycles. The fourth-order valence-electron chi connectivity index (χ4n) is 2.30. The standard InChI is InChI=1S/C17H17ClN2S/c1-17(12-18,13-7-3-2-4-8-13)19-11-16-20-14-9-5-6-10-15(14)21-16/h2-10,19H,11-12H2,1H3. The third-order valence-corrected chi connectivity index (χ3v) is 5.22. The number of rotatable bonds is 5. The fraction of sp³-hybridized carbons (Fsp3) is 0.235. The van der Waals surface area contributed by atoms with Gasteiger partial charge in [0.2, 0.25) is 0 Å². The molecule has 1 unspecified atom stereocenters. The lowest BCUT2D eigenvalue weighted by Crippen LogP contribution is -2.40. The Labute approximate surface area is 133 Å². The van der Waals surface area contributed by atoms with Crippen molar-refractivity contribution in [3.05, 3.63) is 65.2 Å². The molecule has 1 heterocycles. The zero-order valence-corrected chi connectivity index (χ0v) is 13.4. The van der Waals surface area contributed by atoms with Crippen LogP contribution < -0.4 is 5.32 Å². The summed E-state index contributed by atoms with van der Waals surface area (Å²) in [7, 11) is 0. The van der Waals surface area contributed by atoms with Crippen LogP contribution in [0.1, 0.15) is 17.5 Å². The number of halogens is 1. The van der Waals surface area contributed by atoms with E-state index in [-0.39, 0.29) is 5.54 Å². The molecule has 3 rings (SSSR count). The first-order valence-corrected chi connectivity index (χ1v) is 8.27. The van der Waals surface area contributed by atoms with E-state index in [0.717, 1.165) is 17.1 Å². The van der Waals surface area contributed by atoms with E-state index in [2.05, 4.69) is 35.4 Å². The molecule has 0 bridgehead atoms. The van der Waals surface area contributed by atoms with Gasteiger partial charge in [-0.2, -0.15) is 0 Å². The maximum Gasteiger partial charge on any atom is 0.108 e. The van der Waals surface area contributed by atoms with Crippen molar-refractivity contribution in [3.63, 3.8) is 0 Å². The quantitative estimate of drug-likeness (QED) is 0.699. The van der Waals surface area contributed by atoms with Crippen LogP contribution in [0.2, 0.25) is 0 Å². The van der Waals surface area contributed by atoms with Crippen LogP contribution in [0.4, 0.5) is 0 Å². The Kier molecular flexibility index (Phi) is 4.24. The van der Waals surface area contributed by atoms with Crippen LogP contribution in [0.15, 0.2) is 54.6 Å². The summed E-state index contributed by atoms with van der Waals surface area (Å²) in [5.74, 6) is 0.516. The van der Waals surface area contributed by atoms with Gasteiger partial charge in [-0.3, -0.25) is 0 Å². The first kappa shape index (κ1) is 14.5. The van der Waals surface area contributed by atoms with Crippen LogP contribution in [0.5, 0.6) is 0 Å². The predicted octanol–water partition coefficient (Wildman–Crippen LogP) is 4.54. The maximum atomic E-state index is 6.21. The highest BCUT2D eigenvalue weighted by molar-refractivity contribution is 7.18. The minimum Gasteiger partial charge on any atom is -0.300 e. The SMILES string of the molecule is CC(CCl)(NCc1nc2ccccc2s1)c1ccccc1. The Balaban J connectivity index is 1.78. The molecule has 0 saturated heterocycles. The van der Waals surface area contributed by atoms with Crippen LogP contribution in [0, 0.1) is 0 Å². The summed E-state index contributed by atoms with van der Waals surface area (Å²) in [6, 6.07) is 18.5. The van der Waals surface area contributed by atoms with Crippen molar-refractivity contribution in [2.75, 3.05) is 5.88 Å². The minimum absolute atomic E-state index is 0.249. The second kappa shape index (κ2) is 6.14. The Hall–Kier alpha value is -1.42. The molecule has 0 spiro atoms. The van der Waals surface area contributed by atoms with Gasteiger partial charge in [0, 0.05) is 12.4 Å². The molecule has 21 heavy (non-hydrogen) atoms. The van der Waals surface area contributed by atoms with E-state index in [1.165, 1.54) is 10.3 Å². The van der Waals surface area contributed by atoms with Crippen molar-refractivity contribution in [2.24, 2.45) is 0 Å². The highest BCUT2D eigenvalue weighted by Gasteiger charge is 2.25. The topological polar surface area (TPSA) is 24.9 Å². The molecule has 0 saturated carbocycles. The van der Waals surface area contributed by atoms with Crippen LogP contribution in [-0.4, -0.2) is 10.9 Å². The van der Waals surface area contributed by atoms with Gasteiger partial charge in [-0.05, 0) is 24.6 Å². The van der Waals surface area contributed by atoms with Crippen molar-refractivity contribution in [1.82, 2.24) is 10.3 Å². The normalized spacial score (nSPS) is 14.2. The van der Waals surface area contributed by atoms with Crippen LogP contribution in [0.25, 0.3) is 10.2 Å². The number of hydrogen-bond donors (Lipinski definition) is 1. The molecule has 1 N–H and O–H groups in total. The van der Waals surface area contributed by atoms with E-state index in [0.29, 0.717) is 5.88 Å². The summed E-state index contributed by atoms with van der Waals surface area (Å²) in [5.41, 5.74) is 2.01. The van der Waals surface area contributed by atoms with E-state index >= 15 is 0 Å². The zero-order chi connectivity index (χ0) is 14.7. The first-order chi connectivity index (χ1) is 10.2. The molecule has 0 aliphatic rings. The van der Waals surface area contributed by atoms with Gasteiger partial charge in [0.25, 0.3) is 0 Å². The monoisotopic (exact) mass is 316 g/mol. The molecule has 3 aromatic rings. The van der Waals surface area contributed by atoms with Gasteiger partial charge in [0.05, 0.1) is 15.8 Å². The average Bonchev–Trinajstić information content (AvgIpc) is 2.96. The number of hydrogen-bond acceptors (Lipinski definition) is 3. The highest BCUT2D eigenvalue weighted by atomic mass is 35.5. The number of benzene rings is 2. The molecular formula is C17H17ClN2S. The van der Waals surface area contributed by atoms with E-state index < -0.39 is 0 Å². The van der Waals surface area contributed by atoms with Gasteiger partial charge < -0.3 is 5.32 Å². The number of thiazole rings is 1. The number of fused-ring (bicyclic) bond motifs is 1. The van der Waals surface area contributed by atoms with Crippen molar-refractivity contribution in [2.45, 2.75) is 19.0 Å². The second-order valence-electron chi connectivity index (χ2n) is 5.26. The summed E-state index contributed by atoms with van der Waals surface area (Å²) in [6.45, 7) is 2.85. The molecule has 0 fully saturated rings. The number of para-hydroxylation sites is 1. The molecule has 0 aliphatic heterocycles. The maximum absolute atomic E-state index is 6.21. The summed E-state index contributed by atoms with van der Waals surface area (Å²) >= 11 is 7.94. The van der Waals surface area contributed by atoms with E-state index in [9.17, 15) is 0 Å². The molecule has 4 heteroatoms. The van der Waals surface area contributed by atoms with E-state index in [1.807, 2.05) is 36.4 Å². The third kappa shape index (κ3) is 3.10. The van der Waals surface area contributed by atoms with Gasteiger partial charge >= 0.3 is 0 Å². The van der Waals surface area contributed by atoms with Gasteiger partial charge in [-0.25, -0.2) is 4.98 Å². The zero-order valence-electron chi connectivity index (χ0n) is 11.8. The van der Waals surface area contributed by atoms with Crippen molar-refractivity contribution >= 4 is 33.2 Å². The average molecular weight is 317 g/mol. The lowest BCUT2D eigenvalue weighted by atomic mass is 9.94. The Morgan fingerprint density at radius 2 is 1.81 bits per heavy atom. The first-order valence-electron chi connectivity index (χ1n) is 6.92. The van der Waals surface area contributed by atoms with Crippen molar-refractivity contribution < 1.29 is 0 Å². The predicted molar refractivity (Wildman–Crippen MR) is 91.0 cm³/mol. The molecule has 1 aromatic heterocycles. The van der Waals surface area contributed by atoms with E-state index in [4.69, 9.17) is 11.6 Å². The second-order valence-corrected chi connectivity index (χ2v) is 6.64. The highest BCUT2D eigenvalue weighted by Crippen LogP contribution is 2.25. The summed E-state index contributed by atoms with van der Waals surface area (Å²) < 4.78 is 1.22.